The number of rotatable bonds is 3. The van der Waals surface area contributed by atoms with Crippen molar-refractivity contribution in [3.63, 3.8) is 0 Å². The molecule has 0 fully saturated rings. The van der Waals surface area contributed by atoms with Gasteiger partial charge in [-0.3, -0.25) is 4.99 Å². The summed E-state index contributed by atoms with van der Waals surface area (Å²) in [7, 11) is 1.81. The molecular formula is C12H22N4Y-2. The Morgan fingerprint density at radius 1 is 1.47 bits per heavy atom. The maximum atomic E-state index is 7.55. The van der Waals surface area contributed by atoms with Crippen LogP contribution in [0.2, 0.25) is 0 Å². The van der Waals surface area contributed by atoms with Crippen molar-refractivity contribution in [1.82, 2.24) is 10.6 Å². The average Bonchev–Trinajstić information content (AvgIpc) is 2.30. The quantitative estimate of drug-likeness (QED) is 0.698. The summed E-state index contributed by atoms with van der Waals surface area (Å²) < 4.78 is 0. The van der Waals surface area contributed by atoms with E-state index < -0.39 is 0 Å². The summed E-state index contributed by atoms with van der Waals surface area (Å²) in [5, 5.41) is 13.7. The van der Waals surface area contributed by atoms with E-state index in [4.69, 9.17) is 5.41 Å². The van der Waals surface area contributed by atoms with Gasteiger partial charge in [-0.25, -0.2) is 12.2 Å². The standard InChI is InChI=1S/C9H13N4.C2H6.CH3.Y/c1-3-12-9(11-2)7-5-4-6-13-8(7)10;1-2;;/h5-6,10-12H,3H2,1-2H3;1-2H3;1H3;/q-1;;-1;/b9-7-,10-8?;;;. The third kappa shape index (κ3) is 7.45. The molecule has 1 aliphatic rings. The van der Waals surface area contributed by atoms with Gasteiger partial charge in [-0.15, -0.1) is 0 Å². The minimum atomic E-state index is 0. The topological polar surface area (TPSA) is 60.3 Å². The minimum absolute atomic E-state index is 0. The van der Waals surface area contributed by atoms with Crippen LogP contribution in [0, 0.1) is 18.9 Å². The van der Waals surface area contributed by atoms with Gasteiger partial charge in [-0.1, -0.05) is 25.6 Å². The van der Waals surface area contributed by atoms with Crippen LogP contribution >= 0.6 is 0 Å². The molecule has 4 nitrogen and oxygen atoms in total. The molecule has 0 saturated carbocycles. The SMILES string of the molecule is CC.CCN/C(NC)=C1/C=[C-]C=NC1=N.[CH3-].[Y]. The Hall–Kier alpha value is -0.476. The second-order valence-electron chi connectivity index (χ2n) is 2.49. The Morgan fingerprint density at radius 2 is 2.06 bits per heavy atom. The second kappa shape index (κ2) is 13.6. The van der Waals surface area contributed by atoms with E-state index in [2.05, 4.69) is 21.7 Å². The van der Waals surface area contributed by atoms with Crippen molar-refractivity contribution in [2.75, 3.05) is 13.6 Å². The van der Waals surface area contributed by atoms with Gasteiger partial charge in [0, 0.05) is 52.1 Å². The Bertz CT molecular complexity index is 293. The molecule has 0 bridgehead atoms. The first kappa shape index (κ1) is 21.8. The van der Waals surface area contributed by atoms with Gasteiger partial charge in [0.2, 0.25) is 0 Å². The predicted octanol–water partition coefficient (Wildman–Crippen LogP) is 1.92. The van der Waals surface area contributed by atoms with Crippen molar-refractivity contribution in [3.05, 3.63) is 31.0 Å². The van der Waals surface area contributed by atoms with Gasteiger partial charge in [0.15, 0.2) is 0 Å². The smallest absolute Gasteiger partial charge is 0.0707 e. The van der Waals surface area contributed by atoms with Crippen molar-refractivity contribution in [2.24, 2.45) is 4.99 Å². The Labute approximate surface area is 130 Å². The van der Waals surface area contributed by atoms with Crippen molar-refractivity contribution < 1.29 is 32.7 Å². The molecule has 0 aromatic rings. The summed E-state index contributed by atoms with van der Waals surface area (Å²) in [6.45, 7) is 6.81. The molecule has 95 valence electrons. The number of hydrogen-bond donors (Lipinski definition) is 3. The van der Waals surface area contributed by atoms with Gasteiger partial charge in [0.25, 0.3) is 0 Å². The molecule has 17 heavy (non-hydrogen) atoms. The fraction of sp³-hybridized carbons (Fsp3) is 0.417. The number of allylic oxidation sites excluding steroid dienone is 1. The van der Waals surface area contributed by atoms with Crippen LogP contribution in [-0.4, -0.2) is 25.6 Å². The normalized spacial score (nSPS) is 14.7. The first-order valence-corrected chi connectivity index (χ1v) is 5.16. The summed E-state index contributed by atoms with van der Waals surface area (Å²) in [5.74, 6) is 1.07. The fourth-order valence-electron chi connectivity index (χ4n) is 1.05. The number of nitrogens with zero attached hydrogens (tertiary/aromatic N) is 1. The largest absolute Gasteiger partial charge is 0.389 e. The van der Waals surface area contributed by atoms with Gasteiger partial charge in [-0.2, -0.15) is 0 Å². The first-order chi connectivity index (χ1) is 7.29. The van der Waals surface area contributed by atoms with Crippen LogP contribution in [0.1, 0.15) is 20.8 Å². The molecule has 5 heteroatoms. The maximum Gasteiger partial charge on any atom is 0.0707 e. The Kier molecular flexibility index (Phi) is 17.4. The third-order valence-electron chi connectivity index (χ3n) is 1.62. The number of nitrogens with one attached hydrogen (secondary N) is 3. The van der Waals surface area contributed by atoms with E-state index in [1.807, 2.05) is 27.8 Å². The van der Waals surface area contributed by atoms with Gasteiger partial charge in [0.05, 0.1) is 5.84 Å². The summed E-state index contributed by atoms with van der Waals surface area (Å²) in [6, 6.07) is 0. The van der Waals surface area contributed by atoms with Crippen LogP contribution in [0.25, 0.3) is 0 Å². The number of aliphatic imine (C=N–C) groups is 1. The van der Waals surface area contributed by atoms with Crippen LogP contribution in [0.15, 0.2) is 22.5 Å². The Morgan fingerprint density at radius 3 is 2.47 bits per heavy atom. The van der Waals surface area contributed by atoms with Crippen LogP contribution < -0.4 is 10.6 Å². The van der Waals surface area contributed by atoms with Crippen LogP contribution in [0.3, 0.4) is 0 Å². The monoisotopic (exact) mass is 311 g/mol. The molecular weight excluding hydrogens is 289 g/mol. The molecule has 0 saturated heterocycles. The molecule has 1 aliphatic heterocycles. The summed E-state index contributed by atoms with van der Waals surface area (Å²) in [6.07, 6.45) is 6.07. The molecule has 1 radical (unpaired) electrons. The van der Waals surface area contributed by atoms with E-state index in [-0.39, 0.29) is 46.0 Å². The molecule has 0 unspecified atom stereocenters. The minimum Gasteiger partial charge on any atom is -0.389 e. The molecule has 1 heterocycles. The Balaban J connectivity index is -0.000000464. The van der Waals surface area contributed by atoms with Gasteiger partial charge in [-0.05, 0) is 6.92 Å². The molecule has 0 aromatic carbocycles. The summed E-state index contributed by atoms with van der Waals surface area (Å²) in [4.78, 5) is 3.84. The van der Waals surface area contributed by atoms with Crippen LogP contribution in [-0.2, 0) is 32.7 Å². The molecule has 3 N–H and O–H groups in total. The van der Waals surface area contributed by atoms with Crippen molar-refractivity contribution >= 4 is 12.1 Å². The predicted molar refractivity (Wildman–Crippen MR) is 71.6 cm³/mol. The zero-order valence-electron chi connectivity index (χ0n) is 11.4. The van der Waals surface area contributed by atoms with Crippen LogP contribution in [0.5, 0.6) is 0 Å². The van der Waals surface area contributed by atoms with E-state index in [1.54, 1.807) is 6.08 Å². The third-order valence-corrected chi connectivity index (χ3v) is 1.62. The van der Waals surface area contributed by atoms with Crippen molar-refractivity contribution in [2.45, 2.75) is 20.8 Å². The van der Waals surface area contributed by atoms with Gasteiger partial charge >= 0.3 is 0 Å². The molecule has 0 aromatic heterocycles. The molecule has 0 aliphatic carbocycles. The fourth-order valence-corrected chi connectivity index (χ4v) is 1.05. The van der Waals surface area contributed by atoms with Crippen molar-refractivity contribution in [3.8, 4) is 0 Å². The van der Waals surface area contributed by atoms with Crippen LogP contribution in [0.4, 0.5) is 0 Å². The number of hydrogen-bond acceptors (Lipinski definition) is 3. The number of dihydropyridines is 1. The zero-order valence-corrected chi connectivity index (χ0v) is 14.2. The second-order valence-corrected chi connectivity index (χ2v) is 2.49. The molecule has 0 spiro atoms. The maximum absolute atomic E-state index is 7.55. The first-order valence-electron chi connectivity index (χ1n) is 5.16. The van der Waals surface area contributed by atoms with Crippen molar-refractivity contribution in [1.29, 1.82) is 5.41 Å². The van der Waals surface area contributed by atoms with E-state index >= 15 is 0 Å². The summed E-state index contributed by atoms with van der Waals surface area (Å²) >= 11 is 0. The molecule has 0 atom stereocenters. The zero-order chi connectivity index (χ0) is 11.7. The van der Waals surface area contributed by atoms with E-state index in [0.717, 1.165) is 17.9 Å². The van der Waals surface area contributed by atoms with E-state index in [0.29, 0.717) is 0 Å². The molecule has 1 rings (SSSR count). The molecule has 0 amide bonds. The van der Waals surface area contributed by atoms with E-state index in [9.17, 15) is 0 Å². The number of amidine groups is 1. The van der Waals surface area contributed by atoms with E-state index in [1.165, 1.54) is 6.21 Å². The summed E-state index contributed by atoms with van der Waals surface area (Å²) in [5.41, 5.74) is 0.742. The van der Waals surface area contributed by atoms with Gasteiger partial charge in [0.1, 0.15) is 0 Å². The van der Waals surface area contributed by atoms with Gasteiger partial charge < -0.3 is 23.5 Å². The average molecular weight is 311 g/mol.